The van der Waals surface area contributed by atoms with Crippen molar-refractivity contribution >= 4 is 0 Å². The average Bonchev–Trinajstić information content (AvgIpc) is 3.44. The number of aromatic nitrogens is 6. The van der Waals surface area contributed by atoms with Crippen molar-refractivity contribution in [3.8, 4) is 67.5 Å². The quantitative estimate of drug-likeness (QED) is 0.154. The van der Waals surface area contributed by atoms with Gasteiger partial charge in [-0.25, -0.2) is 35.4 Å². The first-order valence-electron chi connectivity index (χ1n) is 21.1. The van der Waals surface area contributed by atoms with Crippen molar-refractivity contribution < 1.29 is 40.2 Å². The van der Waals surface area contributed by atoms with E-state index in [0.717, 1.165) is 67.5 Å². The normalized spacial score (nSPS) is 9.53. The Balaban J connectivity index is 0.000000159. The molecule has 0 unspecified atom stereocenters. The summed E-state index contributed by atoms with van der Waals surface area (Å²) in [5.74, 6) is 0. The standard InChI is InChI=1S/C16H10N2.4C11H8N.2Ir/c1-3-11-17-15(5-1)13-7-9-14(10-8-13)16-6-2-4-12-18-16;4*1-2-6-10(7-3-1)11-8-4-5-9-12-11;;/h1-7,10-12H;4*1-6,8-9H;;/q-2;4*-1;2*+3. The van der Waals surface area contributed by atoms with Crippen LogP contribution in [-0.4, -0.2) is 29.9 Å². The minimum absolute atomic E-state index is 0. The number of rotatable bonds is 6. The molecule has 11 rings (SSSR count). The van der Waals surface area contributed by atoms with Gasteiger partial charge in [0.15, 0.2) is 0 Å². The molecule has 5 aromatic carbocycles. The maximum Gasteiger partial charge on any atom is 3.00 e. The van der Waals surface area contributed by atoms with Crippen LogP contribution in [0.25, 0.3) is 67.5 Å². The van der Waals surface area contributed by atoms with Crippen molar-refractivity contribution in [1.29, 1.82) is 0 Å². The Hall–Kier alpha value is -7.70. The predicted octanol–water partition coefficient (Wildman–Crippen LogP) is 13.6. The van der Waals surface area contributed by atoms with Gasteiger partial charge in [0.1, 0.15) is 0 Å². The Morgan fingerprint density at radius 2 is 0.412 bits per heavy atom. The van der Waals surface area contributed by atoms with E-state index >= 15 is 0 Å². The number of nitrogens with zero attached hydrogens (tertiary/aromatic N) is 6. The van der Waals surface area contributed by atoms with E-state index in [0.29, 0.717) is 0 Å². The van der Waals surface area contributed by atoms with Crippen LogP contribution in [0.5, 0.6) is 0 Å². The number of benzene rings is 5. The van der Waals surface area contributed by atoms with Gasteiger partial charge in [-0.1, -0.05) is 84.2 Å². The van der Waals surface area contributed by atoms with Gasteiger partial charge < -0.3 is 29.9 Å². The van der Waals surface area contributed by atoms with E-state index in [9.17, 15) is 0 Å². The first kappa shape index (κ1) is 51.3. The Labute approximate surface area is 426 Å². The van der Waals surface area contributed by atoms with Gasteiger partial charge in [0, 0.05) is 37.2 Å². The monoisotopic (exact) mass is 1230 g/mol. The molecule has 8 heteroatoms. The molecule has 330 valence electrons. The number of pyridine rings is 6. The summed E-state index contributed by atoms with van der Waals surface area (Å²) >= 11 is 0. The first-order valence-corrected chi connectivity index (χ1v) is 21.1. The summed E-state index contributed by atoms with van der Waals surface area (Å²) in [5.41, 5.74) is 11.7. The fourth-order valence-electron chi connectivity index (χ4n) is 6.02. The van der Waals surface area contributed by atoms with Gasteiger partial charge in [-0.3, -0.25) is 0 Å². The molecule has 6 nitrogen and oxygen atoms in total. The van der Waals surface area contributed by atoms with E-state index < -0.39 is 0 Å². The molecule has 0 aliphatic rings. The summed E-state index contributed by atoms with van der Waals surface area (Å²) in [6.07, 6.45) is 10.7. The summed E-state index contributed by atoms with van der Waals surface area (Å²) in [6, 6.07) is 89.1. The van der Waals surface area contributed by atoms with Gasteiger partial charge in [0.25, 0.3) is 0 Å². The number of hydrogen-bond donors (Lipinski definition) is 0. The summed E-state index contributed by atoms with van der Waals surface area (Å²) in [6.45, 7) is 0. The smallest absolute Gasteiger partial charge is 0.315 e. The summed E-state index contributed by atoms with van der Waals surface area (Å²) in [5, 5.41) is 0. The first-order chi connectivity index (χ1) is 32.8. The van der Waals surface area contributed by atoms with E-state index in [2.05, 4.69) is 66.3 Å². The molecule has 6 heterocycles. The molecule has 6 aromatic heterocycles. The summed E-state index contributed by atoms with van der Waals surface area (Å²) in [7, 11) is 0. The third-order valence-electron chi connectivity index (χ3n) is 9.23. The molecule has 0 saturated carbocycles. The molecular weight excluding hydrogens is 1190 g/mol. The SMILES string of the molecule is [Ir+3].[Ir+3].[c-]1cc(-c2ccccn2)[c-]cc1-c1ccccn1.[c-]1ccccc1-c1ccccn1.[c-]1ccccc1-c1ccccn1.[c-]1ccccc1-c1ccccn1.[c-]1ccccc1-c1ccccn1. The van der Waals surface area contributed by atoms with Gasteiger partial charge >= 0.3 is 40.2 Å². The maximum atomic E-state index is 4.28. The van der Waals surface area contributed by atoms with Crippen molar-refractivity contribution in [2.24, 2.45) is 0 Å². The molecule has 0 atom stereocenters. The van der Waals surface area contributed by atoms with E-state index in [1.807, 2.05) is 218 Å². The van der Waals surface area contributed by atoms with Crippen LogP contribution in [-0.2, 0) is 40.2 Å². The van der Waals surface area contributed by atoms with Crippen LogP contribution in [0, 0.1) is 36.4 Å². The van der Waals surface area contributed by atoms with E-state index in [4.69, 9.17) is 0 Å². The van der Waals surface area contributed by atoms with Crippen LogP contribution < -0.4 is 0 Å². The van der Waals surface area contributed by atoms with Crippen LogP contribution in [0.4, 0.5) is 0 Å². The summed E-state index contributed by atoms with van der Waals surface area (Å²) in [4.78, 5) is 25.4. The maximum absolute atomic E-state index is 4.28. The fourth-order valence-corrected chi connectivity index (χ4v) is 6.02. The molecule has 0 bridgehead atoms. The Bertz CT molecular complexity index is 2440. The van der Waals surface area contributed by atoms with Crippen molar-refractivity contribution in [1.82, 2.24) is 29.9 Å². The molecule has 11 aromatic rings. The van der Waals surface area contributed by atoms with E-state index in [1.165, 1.54) is 0 Å². The molecule has 0 aliphatic heterocycles. The van der Waals surface area contributed by atoms with Crippen molar-refractivity contribution in [3.63, 3.8) is 0 Å². The molecule has 0 saturated heterocycles. The second-order valence-corrected chi connectivity index (χ2v) is 13.8. The van der Waals surface area contributed by atoms with Crippen molar-refractivity contribution in [2.45, 2.75) is 0 Å². The fraction of sp³-hybridized carbons (Fsp3) is 0. The van der Waals surface area contributed by atoms with Crippen molar-refractivity contribution in [3.05, 3.63) is 292 Å². The van der Waals surface area contributed by atoms with Gasteiger partial charge in [0.2, 0.25) is 0 Å². The van der Waals surface area contributed by atoms with Gasteiger partial charge in [0.05, 0.1) is 0 Å². The zero-order chi connectivity index (χ0) is 45.1. The van der Waals surface area contributed by atoms with Crippen LogP contribution >= 0.6 is 0 Å². The number of hydrogen-bond acceptors (Lipinski definition) is 6. The molecule has 0 aliphatic carbocycles. The summed E-state index contributed by atoms with van der Waals surface area (Å²) < 4.78 is 0. The second kappa shape index (κ2) is 29.8. The van der Waals surface area contributed by atoms with E-state index in [1.54, 1.807) is 37.2 Å². The van der Waals surface area contributed by atoms with Crippen LogP contribution in [0.2, 0.25) is 0 Å². The van der Waals surface area contributed by atoms with Crippen LogP contribution in [0.15, 0.2) is 256 Å². The molecular formula is C60H42Ir2N6. The predicted molar refractivity (Wildman–Crippen MR) is 265 cm³/mol. The largest absolute Gasteiger partial charge is 3.00 e. The average molecular weight is 1230 g/mol. The molecule has 0 amide bonds. The van der Waals surface area contributed by atoms with Gasteiger partial charge in [-0.05, 0) is 59.2 Å². The molecule has 68 heavy (non-hydrogen) atoms. The Morgan fingerprint density at radius 1 is 0.206 bits per heavy atom. The second-order valence-electron chi connectivity index (χ2n) is 13.8. The van der Waals surface area contributed by atoms with Gasteiger partial charge in [-0.2, -0.15) is 0 Å². The minimum Gasteiger partial charge on any atom is -0.315 e. The zero-order valence-corrected chi connectivity index (χ0v) is 41.4. The molecule has 0 fully saturated rings. The molecule has 0 N–H and O–H groups in total. The minimum atomic E-state index is 0. The Morgan fingerprint density at radius 3 is 0.574 bits per heavy atom. The van der Waals surface area contributed by atoms with Crippen molar-refractivity contribution in [2.75, 3.05) is 0 Å². The Kier molecular flexibility index (Phi) is 22.4. The van der Waals surface area contributed by atoms with E-state index in [-0.39, 0.29) is 40.2 Å². The third kappa shape index (κ3) is 16.9. The van der Waals surface area contributed by atoms with Crippen LogP contribution in [0.1, 0.15) is 0 Å². The topological polar surface area (TPSA) is 77.3 Å². The third-order valence-corrected chi connectivity index (χ3v) is 9.23. The molecule has 0 radical (unpaired) electrons. The molecule has 0 spiro atoms. The van der Waals surface area contributed by atoms with Crippen LogP contribution in [0.3, 0.4) is 0 Å². The zero-order valence-electron chi connectivity index (χ0n) is 36.6. The van der Waals surface area contributed by atoms with Gasteiger partial charge in [-0.15, -0.1) is 144 Å².